The van der Waals surface area contributed by atoms with Crippen LogP contribution in [0, 0.1) is 0 Å². The number of aromatic nitrogens is 4. The number of anilines is 1. The summed E-state index contributed by atoms with van der Waals surface area (Å²) in [6.07, 6.45) is 9.72. The predicted molar refractivity (Wildman–Crippen MR) is 138 cm³/mol. The van der Waals surface area contributed by atoms with E-state index in [4.69, 9.17) is 0 Å². The van der Waals surface area contributed by atoms with Crippen molar-refractivity contribution in [3.05, 3.63) is 91.0 Å². The zero-order valence-electron chi connectivity index (χ0n) is 19.2. The van der Waals surface area contributed by atoms with Gasteiger partial charge in [0, 0.05) is 46.4 Å². The Bertz CT molecular complexity index is 1480. The number of carbonyl (C=O) groups excluding carboxylic acids is 1. The fourth-order valence-corrected chi connectivity index (χ4v) is 4.67. The number of aromatic amines is 1. The number of pyridine rings is 1. The zero-order valence-corrected chi connectivity index (χ0v) is 19.2. The first-order chi connectivity index (χ1) is 17.2. The van der Waals surface area contributed by atoms with Crippen molar-refractivity contribution >= 4 is 22.6 Å². The number of fused-ring (bicyclic) bond motifs is 1. The SMILES string of the molecule is O=C(Nc1cccc(-c2cnc3[nH]cc(-c4cnn(Cc5ccccc5)c4)c3c2)c1)C1CCCN1. The summed E-state index contributed by atoms with van der Waals surface area (Å²) in [5.41, 5.74) is 6.92. The zero-order chi connectivity index (χ0) is 23.6. The van der Waals surface area contributed by atoms with Gasteiger partial charge in [-0.15, -0.1) is 0 Å². The Labute approximate surface area is 203 Å². The van der Waals surface area contributed by atoms with Crippen LogP contribution in [0.4, 0.5) is 5.69 Å². The quantitative estimate of drug-likeness (QED) is 0.337. The lowest BCUT2D eigenvalue weighted by Gasteiger charge is -2.12. The van der Waals surface area contributed by atoms with Gasteiger partial charge in [0.25, 0.3) is 0 Å². The number of nitrogens with one attached hydrogen (secondary N) is 3. The lowest BCUT2D eigenvalue weighted by atomic mass is 10.0. The first kappa shape index (κ1) is 21.3. The lowest BCUT2D eigenvalue weighted by Crippen LogP contribution is -2.35. The highest BCUT2D eigenvalue weighted by Crippen LogP contribution is 2.31. The molecule has 0 bridgehead atoms. The third-order valence-electron chi connectivity index (χ3n) is 6.50. The Morgan fingerprint density at radius 1 is 1.03 bits per heavy atom. The van der Waals surface area contributed by atoms with Crippen molar-refractivity contribution in [1.82, 2.24) is 25.1 Å². The third kappa shape index (κ3) is 4.46. The number of benzene rings is 2. The molecule has 0 aliphatic carbocycles. The Balaban J connectivity index is 1.27. The van der Waals surface area contributed by atoms with Gasteiger partial charge in [-0.3, -0.25) is 9.48 Å². The number of hydrogen-bond acceptors (Lipinski definition) is 4. The molecule has 35 heavy (non-hydrogen) atoms. The minimum absolute atomic E-state index is 0.0219. The summed E-state index contributed by atoms with van der Waals surface area (Å²) in [6, 6.07) is 20.3. The van der Waals surface area contributed by atoms with E-state index < -0.39 is 0 Å². The molecule has 1 amide bonds. The molecule has 0 saturated carbocycles. The van der Waals surface area contributed by atoms with Gasteiger partial charge in [0.05, 0.1) is 18.8 Å². The molecule has 1 atom stereocenters. The van der Waals surface area contributed by atoms with Gasteiger partial charge in [0.15, 0.2) is 0 Å². The smallest absolute Gasteiger partial charge is 0.241 e. The average Bonchev–Trinajstić information content (AvgIpc) is 3.65. The Morgan fingerprint density at radius 2 is 1.94 bits per heavy atom. The molecule has 0 radical (unpaired) electrons. The summed E-state index contributed by atoms with van der Waals surface area (Å²) in [5.74, 6) is 0.0219. The molecule has 1 saturated heterocycles. The van der Waals surface area contributed by atoms with Crippen molar-refractivity contribution in [2.45, 2.75) is 25.4 Å². The van der Waals surface area contributed by atoms with Gasteiger partial charge in [-0.1, -0.05) is 42.5 Å². The molecule has 1 aliphatic rings. The maximum absolute atomic E-state index is 12.5. The molecule has 1 unspecified atom stereocenters. The van der Waals surface area contributed by atoms with E-state index in [0.717, 1.165) is 64.9 Å². The van der Waals surface area contributed by atoms with Crippen molar-refractivity contribution in [2.75, 3.05) is 11.9 Å². The highest BCUT2D eigenvalue weighted by atomic mass is 16.2. The van der Waals surface area contributed by atoms with Crippen molar-refractivity contribution in [3.63, 3.8) is 0 Å². The molecule has 3 aromatic heterocycles. The van der Waals surface area contributed by atoms with Crippen molar-refractivity contribution in [3.8, 4) is 22.3 Å². The number of H-pyrrole nitrogens is 1. The molecule has 7 heteroatoms. The molecule has 0 spiro atoms. The minimum Gasteiger partial charge on any atom is -0.346 e. The van der Waals surface area contributed by atoms with Gasteiger partial charge in [-0.25, -0.2) is 4.98 Å². The Hall–Kier alpha value is -4.23. The van der Waals surface area contributed by atoms with Crippen LogP contribution in [0.2, 0.25) is 0 Å². The van der Waals surface area contributed by atoms with Crippen LogP contribution in [-0.4, -0.2) is 38.2 Å². The molecule has 174 valence electrons. The molecule has 5 aromatic rings. The third-order valence-corrected chi connectivity index (χ3v) is 6.50. The molecule has 2 aromatic carbocycles. The van der Waals surface area contributed by atoms with Gasteiger partial charge in [-0.2, -0.15) is 5.10 Å². The number of amides is 1. The van der Waals surface area contributed by atoms with E-state index in [-0.39, 0.29) is 11.9 Å². The van der Waals surface area contributed by atoms with Crippen LogP contribution in [-0.2, 0) is 11.3 Å². The van der Waals surface area contributed by atoms with E-state index in [2.05, 4.69) is 50.1 Å². The predicted octanol–water partition coefficient (Wildman–Crippen LogP) is 4.83. The Morgan fingerprint density at radius 3 is 2.80 bits per heavy atom. The van der Waals surface area contributed by atoms with Crippen LogP contribution in [0.1, 0.15) is 18.4 Å². The van der Waals surface area contributed by atoms with Crippen LogP contribution < -0.4 is 10.6 Å². The molecule has 1 fully saturated rings. The topological polar surface area (TPSA) is 87.6 Å². The summed E-state index contributed by atoms with van der Waals surface area (Å²) in [6.45, 7) is 1.62. The molecule has 1 aliphatic heterocycles. The van der Waals surface area contributed by atoms with E-state index in [1.807, 2.05) is 65.7 Å². The summed E-state index contributed by atoms with van der Waals surface area (Å²) in [4.78, 5) is 20.5. The van der Waals surface area contributed by atoms with Crippen LogP contribution in [0.15, 0.2) is 85.5 Å². The monoisotopic (exact) mass is 462 g/mol. The molecule has 7 nitrogen and oxygen atoms in total. The summed E-state index contributed by atoms with van der Waals surface area (Å²) < 4.78 is 1.95. The largest absolute Gasteiger partial charge is 0.346 e. The van der Waals surface area contributed by atoms with Crippen LogP contribution in [0.5, 0.6) is 0 Å². The number of carbonyl (C=O) groups is 1. The first-order valence-electron chi connectivity index (χ1n) is 11.9. The van der Waals surface area contributed by atoms with Crippen LogP contribution >= 0.6 is 0 Å². The van der Waals surface area contributed by atoms with Gasteiger partial charge in [0.2, 0.25) is 5.91 Å². The summed E-state index contributed by atoms with van der Waals surface area (Å²) in [5, 5.41) is 11.9. The van der Waals surface area contributed by atoms with Gasteiger partial charge in [0.1, 0.15) is 5.65 Å². The second-order valence-electron chi connectivity index (χ2n) is 8.95. The van der Waals surface area contributed by atoms with E-state index in [9.17, 15) is 4.79 Å². The van der Waals surface area contributed by atoms with Crippen LogP contribution in [0.3, 0.4) is 0 Å². The van der Waals surface area contributed by atoms with E-state index in [0.29, 0.717) is 0 Å². The van der Waals surface area contributed by atoms with Crippen LogP contribution in [0.25, 0.3) is 33.3 Å². The second-order valence-corrected chi connectivity index (χ2v) is 8.95. The highest BCUT2D eigenvalue weighted by molar-refractivity contribution is 5.97. The summed E-state index contributed by atoms with van der Waals surface area (Å²) in [7, 11) is 0. The minimum atomic E-state index is -0.109. The van der Waals surface area contributed by atoms with Gasteiger partial charge >= 0.3 is 0 Å². The maximum Gasteiger partial charge on any atom is 0.241 e. The van der Waals surface area contributed by atoms with Crippen molar-refractivity contribution in [1.29, 1.82) is 0 Å². The van der Waals surface area contributed by atoms with Crippen molar-refractivity contribution < 1.29 is 4.79 Å². The van der Waals surface area contributed by atoms with E-state index in [1.54, 1.807) is 0 Å². The standard InChI is InChI=1S/C28H26N6O/c35-28(26-10-5-11-29-26)33-23-9-4-8-20(12-23)21-13-24-25(16-31-27(24)30-14-21)22-15-32-34(18-22)17-19-6-2-1-3-7-19/h1-4,6-9,12-16,18,26,29H,5,10-11,17H2,(H,30,31)(H,33,35). The number of rotatable bonds is 6. The molecule has 4 heterocycles. The molecule has 3 N–H and O–H groups in total. The number of nitrogens with zero attached hydrogens (tertiary/aromatic N) is 3. The van der Waals surface area contributed by atoms with Gasteiger partial charge < -0.3 is 15.6 Å². The fraction of sp³-hybridized carbons (Fsp3) is 0.179. The maximum atomic E-state index is 12.5. The lowest BCUT2D eigenvalue weighted by molar-refractivity contribution is -0.117. The highest BCUT2D eigenvalue weighted by Gasteiger charge is 2.22. The fourth-order valence-electron chi connectivity index (χ4n) is 4.67. The van der Waals surface area contributed by atoms with E-state index >= 15 is 0 Å². The van der Waals surface area contributed by atoms with E-state index in [1.165, 1.54) is 5.56 Å². The molecule has 6 rings (SSSR count). The molecular formula is C28H26N6O. The first-order valence-corrected chi connectivity index (χ1v) is 11.9. The van der Waals surface area contributed by atoms with Crippen molar-refractivity contribution in [2.24, 2.45) is 0 Å². The summed E-state index contributed by atoms with van der Waals surface area (Å²) >= 11 is 0. The normalized spacial score (nSPS) is 15.5. The second kappa shape index (κ2) is 9.19. The average molecular weight is 463 g/mol. The van der Waals surface area contributed by atoms with Gasteiger partial charge in [-0.05, 0) is 48.7 Å². The molecular weight excluding hydrogens is 436 g/mol. The Kier molecular flexibility index (Phi) is 5.60. The number of hydrogen-bond donors (Lipinski definition) is 3.